The van der Waals surface area contributed by atoms with E-state index in [1.165, 1.54) is 0 Å². The highest BCUT2D eigenvalue weighted by atomic mass is 19.3. The highest BCUT2D eigenvalue weighted by molar-refractivity contribution is 5.66. The summed E-state index contributed by atoms with van der Waals surface area (Å²) in [5.41, 5.74) is 0.488. The van der Waals surface area contributed by atoms with E-state index in [1.54, 1.807) is 25.1 Å². The maximum atomic E-state index is 12.4. The van der Waals surface area contributed by atoms with Crippen molar-refractivity contribution < 1.29 is 28.2 Å². The third-order valence-electron chi connectivity index (χ3n) is 2.40. The number of carbonyl (C=O) groups is 1. The first-order valence-electron chi connectivity index (χ1n) is 6.16. The Bertz CT molecular complexity index is 440. The Labute approximate surface area is 115 Å². The molecule has 7 heteroatoms. The van der Waals surface area contributed by atoms with Crippen molar-refractivity contribution in [3.05, 3.63) is 23.8 Å². The molecule has 0 amide bonds. The van der Waals surface area contributed by atoms with E-state index in [2.05, 4.69) is 10.1 Å². The van der Waals surface area contributed by atoms with Crippen LogP contribution in [0.15, 0.2) is 18.2 Å². The molecule has 0 aliphatic heterocycles. The van der Waals surface area contributed by atoms with Crippen LogP contribution in [0.2, 0.25) is 0 Å². The zero-order valence-electron chi connectivity index (χ0n) is 11.1. The molecule has 0 saturated carbocycles. The molecule has 0 heterocycles. The molecule has 5 nitrogen and oxygen atoms in total. The standard InChI is InChI=1S/C13H17F2NO4/c1-2-19-10-5-3-4-9(12(10)20-13(14)15)8-16-7-6-11(17)18/h3-5,13,16H,2,6-8H2,1H3,(H,17,18). The minimum atomic E-state index is -2.95. The minimum absolute atomic E-state index is 0.0211. The molecule has 1 rings (SSSR count). The fourth-order valence-corrected chi connectivity index (χ4v) is 1.61. The Morgan fingerprint density at radius 2 is 2.20 bits per heavy atom. The topological polar surface area (TPSA) is 67.8 Å². The largest absolute Gasteiger partial charge is 0.490 e. The van der Waals surface area contributed by atoms with Gasteiger partial charge in [-0.2, -0.15) is 8.78 Å². The number of hydrogen-bond acceptors (Lipinski definition) is 4. The Kier molecular flexibility index (Phi) is 6.72. The molecule has 2 N–H and O–H groups in total. The SMILES string of the molecule is CCOc1cccc(CNCCC(=O)O)c1OC(F)F. The zero-order chi connectivity index (χ0) is 15.0. The van der Waals surface area contributed by atoms with Gasteiger partial charge in [-0.1, -0.05) is 12.1 Å². The average molecular weight is 289 g/mol. The second-order valence-corrected chi connectivity index (χ2v) is 3.88. The molecule has 1 aromatic rings. The summed E-state index contributed by atoms with van der Waals surface area (Å²) in [6, 6.07) is 4.83. The number of hydrogen-bond donors (Lipinski definition) is 2. The van der Waals surface area contributed by atoms with E-state index < -0.39 is 12.6 Å². The van der Waals surface area contributed by atoms with Crippen molar-refractivity contribution in [3.8, 4) is 11.5 Å². The van der Waals surface area contributed by atoms with E-state index in [0.29, 0.717) is 12.2 Å². The lowest BCUT2D eigenvalue weighted by Gasteiger charge is -2.15. The molecule has 0 aliphatic carbocycles. The lowest BCUT2D eigenvalue weighted by atomic mass is 10.2. The average Bonchev–Trinajstić information content (AvgIpc) is 2.37. The molecule has 20 heavy (non-hydrogen) atoms. The number of ether oxygens (including phenoxy) is 2. The Morgan fingerprint density at radius 1 is 1.45 bits per heavy atom. The third kappa shape index (κ3) is 5.40. The summed E-state index contributed by atoms with van der Waals surface area (Å²) < 4.78 is 34.6. The van der Waals surface area contributed by atoms with Crippen LogP contribution in [0.3, 0.4) is 0 Å². The number of halogens is 2. The molecule has 112 valence electrons. The smallest absolute Gasteiger partial charge is 0.387 e. The van der Waals surface area contributed by atoms with Crippen LogP contribution in [0.25, 0.3) is 0 Å². The van der Waals surface area contributed by atoms with E-state index >= 15 is 0 Å². The van der Waals surface area contributed by atoms with Crippen molar-refractivity contribution in [2.75, 3.05) is 13.2 Å². The fraction of sp³-hybridized carbons (Fsp3) is 0.462. The van der Waals surface area contributed by atoms with Crippen LogP contribution in [0.4, 0.5) is 8.78 Å². The molecular formula is C13H17F2NO4. The van der Waals surface area contributed by atoms with Gasteiger partial charge in [0.15, 0.2) is 11.5 Å². The highest BCUT2D eigenvalue weighted by Gasteiger charge is 2.15. The van der Waals surface area contributed by atoms with Crippen LogP contribution in [-0.4, -0.2) is 30.8 Å². The summed E-state index contributed by atoms with van der Waals surface area (Å²) in [7, 11) is 0. The van der Waals surface area contributed by atoms with Crippen molar-refractivity contribution in [3.63, 3.8) is 0 Å². The summed E-state index contributed by atoms with van der Waals surface area (Å²) in [5, 5.41) is 11.4. The van der Waals surface area contributed by atoms with E-state index in [1.807, 2.05) is 0 Å². The van der Waals surface area contributed by atoms with Crippen molar-refractivity contribution in [1.82, 2.24) is 5.32 Å². The van der Waals surface area contributed by atoms with Crippen LogP contribution in [0.1, 0.15) is 18.9 Å². The lowest BCUT2D eigenvalue weighted by molar-refractivity contribution is -0.136. The van der Waals surface area contributed by atoms with E-state index in [4.69, 9.17) is 9.84 Å². The first kappa shape index (κ1) is 16.2. The Balaban J connectivity index is 2.76. The number of benzene rings is 1. The van der Waals surface area contributed by atoms with E-state index in [0.717, 1.165) is 0 Å². The monoisotopic (exact) mass is 289 g/mol. The van der Waals surface area contributed by atoms with Crippen molar-refractivity contribution in [2.45, 2.75) is 26.5 Å². The predicted octanol–water partition coefficient (Wildman–Crippen LogP) is 2.25. The fourth-order valence-electron chi connectivity index (χ4n) is 1.61. The molecule has 0 aromatic heterocycles. The van der Waals surface area contributed by atoms with Gasteiger partial charge in [-0.25, -0.2) is 0 Å². The number of para-hydroxylation sites is 1. The van der Waals surface area contributed by atoms with Gasteiger partial charge in [0.05, 0.1) is 13.0 Å². The summed E-state index contributed by atoms with van der Waals surface area (Å²) in [5.74, 6) is -0.706. The molecule has 0 aliphatic rings. The normalized spacial score (nSPS) is 10.6. The summed E-state index contributed by atoms with van der Waals surface area (Å²) in [6.07, 6.45) is -0.0454. The second kappa shape index (κ2) is 8.31. The van der Waals surface area contributed by atoms with Crippen LogP contribution in [0, 0.1) is 0 Å². The van der Waals surface area contributed by atoms with Gasteiger partial charge in [-0.15, -0.1) is 0 Å². The van der Waals surface area contributed by atoms with Gasteiger partial charge >= 0.3 is 12.6 Å². The Morgan fingerprint density at radius 3 is 2.80 bits per heavy atom. The molecule has 0 radical (unpaired) electrons. The van der Waals surface area contributed by atoms with Gasteiger partial charge in [0.25, 0.3) is 0 Å². The maximum absolute atomic E-state index is 12.4. The van der Waals surface area contributed by atoms with Gasteiger partial charge in [-0.05, 0) is 13.0 Å². The molecule has 0 spiro atoms. The van der Waals surface area contributed by atoms with E-state index in [-0.39, 0.29) is 31.0 Å². The van der Waals surface area contributed by atoms with Crippen LogP contribution >= 0.6 is 0 Å². The second-order valence-electron chi connectivity index (χ2n) is 3.88. The molecule has 1 aromatic carbocycles. The van der Waals surface area contributed by atoms with E-state index in [9.17, 15) is 13.6 Å². The number of carboxylic acids is 1. The number of aliphatic carboxylic acids is 1. The minimum Gasteiger partial charge on any atom is -0.490 e. The van der Waals surface area contributed by atoms with Crippen molar-refractivity contribution >= 4 is 5.97 Å². The summed E-state index contributed by atoms with van der Waals surface area (Å²) >= 11 is 0. The first-order valence-corrected chi connectivity index (χ1v) is 6.16. The molecule has 0 saturated heterocycles. The van der Waals surface area contributed by atoms with Crippen molar-refractivity contribution in [1.29, 1.82) is 0 Å². The number of alkyl halides is 2. The maximum Gasteiger partial charge on any atom is 0.387 e. The van der Waals surface area contributed by atoms with Gasteiger partial charge in [0, 0.05) is 18.7 Å². The van der Waals surface area contributed by atoms with Gasteiger partial charge < -0.3 is 19.9 Å². The molecule has 0 bridgehead atoms. The zero-order valence-corrected chi connectivity index (χ0v) is 11.1. The van der Waals surface area contributed by atoms with Crippen LogP contribution in [-0.2, 0) is 11.3 Å². The van der Waals surface area contributed by atoms with Gasteiger partial charge in [-0.3, -0.25) is 4.79 Å². The van der Waals surface area contributed by atoms with Crippen molar-refractivity contribution in [2.24, 2.45) is 0 Å². The summed E-state index contributed by atoms with van der Waals surface area (Å²) in [6.45, 7) is -0.424. The summed E-state index contributed by atoms with van der Waals surface area (Å²) in [4.78, 5) is 10.4. The quantitative estimate of drug-likeness (QED) is 0.682. The number of carboxylic acid groups (broad SMARTS) is 1. The van der Waals surface area contributed by atoms with Gasteiger partial charge in [0.2, 0.25) is 0 Å². The van der Waals surface area contributed by atoms with Crippen LogP contribution in [0.5, 0.6) is 11.5 Å². The lowest BCUT2D eigenvalue weighted by Crippen LogP contribution is -2.18. The van der Waals surface area contributed by atoms with Crippen LogP contribution < -0.4 is 14.8 Å². The highest BCUT2D eigenvalue weighted by Crippen LogP contribution is 2.32. The molecular weight excluding hydrogens is 272 g/mol. The third-order valence-corrected chi connectivity index (χ3v) is 2.40. The number of nitrogens with one attached hydrogen (secondary N) is 1. The first-order chi connectivity index (χ1) is 9.54. The predicted molar refractivity (Wildman–Crippen MR) is 68.2 cm³/mol. The molecule has 0 fully saturated rings. The van der Waals surface area contributed by atoms with Gasteiger partial charge in [0.1, 0.15) is 0 Å². The Hall–Kier alpha value is -1.89. The molecule has 0 atom stereocenters. The number of rotatable bonds is 9. The molecule has 0 unspecified atom stereocenters.